The fourth-order valence-corrected chi connectivity index (χ4v) is 1.17. The van der Waals surface area contributed by atoms with Crippen molar-refractivity contribution in [3.05, 3.63) is 35.4 Å². The summed E-state index contributed by atoms with van der Waals surface area (Å²) < 4.78 is 25.2. The van der Waals surface area contributed by atoms with E-state index in [-0.39, 0.29) is 11.0 Å². The van der Waals surface area contributed by atoms with Crippen LogP contribution in [0.3, 0.4) is 0 Å². The summed E-state index contributed by atoms with van der Waals surface area (Å²) in [6.07, 6.45) is -3.75. The topological polar surface area (TPSA) is 20.2 Å². The summed E-state index contributed by atoms with van der Waals surface area (Å²) >= 11 is 0. The molecule has 1 aromatic carbocycles. The number of aliphatic hydroxyl groups is 1. The molecule has 0 radical (unpaired) electrons. The summed E-state index contributed by atoms with van der Waals surface area (Å²) in [6.45, 7) is 5.80. The molecule has 0 aliphatic heterocycles. The van der Waals surface area contributed by atoms with Gasteiger partial charge in [-0.2, -0.15) is 8.78 Å². The van der Waals surface area contributed by atoms with Crippen molar-refractivity contribution in [3.8, 4) is 0 Å². The molecule has 0 amide bonds. The van der Waals surface area contributed by atoms with Crippen LogP contribution < -0.4 is 0 Å². The van der Waals surface area contributed by atoms with Crippen molar-refractivity contribution >= 4 is 0 Å². The van der Waals surface area contributed by atoms with Crippen molar-refractivity contribution in [1.29, 1.82) is 0 Å². The van der Waals surface area contributed by atoms with Crippen molar-refractivity contribution in [2.45, 2.75) is 32.3 Å². The largest absolute Gasteiger partial charge is 0.380 e. The SMILES string of the molecule is CC(C)(C)c1cccc(C(O)(F)F)c1. The van der Waals surface area contributed by atoms with Crippen LogP contribution in [0.4, 0.5) is 8.78 Å². The Balaban J connectivity index is 3.15. The second-order valence-electron chi connectivity index (χ2n) is 4.37. The maximum atomic E-state index is 12.6. The zero-order valence-electron chi connectivity index (χ0n) is 8.51. The predicted octanol–water partition coefficient (Wildman–Crippen LogP) is 3.03. The molecule has 0 spiro atoms. The van der Waals surface area contributed by atoms with Gasteiger partial charge in [0, 0.05) is 0 Å². The fourth-order valence-electron chi connectivity index (χ4n) is 1.17. The highest BCUT2D eigenvalue weighted by atomic mass is 19.3. The second kappa shape index (κ2) is 3.31. The van der Waals surface area contributed by atoms with Crippen molar-refractivity contribution < 1.29 is 13.9 Å². The van der Waals surface area contributed by atoms with Crippen LogP contribution in [0.2, 0.25) is 0 Å². The number of halogens is 2. The Morgan fingerprint density at radius 1 is 1.07 bits per heavy atom. The van der Waals surface area contributed by atoms with E-state index in [0.29, 0.717) is 0 Å². The van der Waals surface area contributed by atoms with Gasteiger partial charge in [0.25, 0.3) is 0 Å². The van der Waals surface area contributed by atoms with Gasteiger partial charge in [-0.15, -0.1) is 0 Å². The second-order valence-corrected chi connectivity index (χ2v) is 4.37. The number of alkyl halides is 2. The van der Waals surface area contributed by atoms with E-state index in [9.17, 15) is 8.78 Å². The van der Waals surface area contributed by atoms with Gasteiger partial charge in [0.15, 0.2) is 0 Å². The zero-order chi connectivity index (χ0) is 11.0. The van der Waals surface area contributed by atoms with E-state index < -0.39 is 6.11 Å². The Morgan fingerprint density at radius 2 is 1.57 bits per heavy atom. The fraction of sp³-hybridized carbons (Fsp3) is 0.455. The lowest BCUT2D eigenvalue weighted by Gasteiger charge is -2.20. The summed E-state index contributed by atoms with van der Waals surface area (Å²) in [4.78, 5) is 0. The van der Waals surface area contributed by atoms with E-state index in [0.717, 1.165) is 5.56 Å². The molecule has 0 unspecified atom stereocenters. The molecular weight excluding hydrogens is 186 g/mol. The molecule has 0 saturated carbocycles. The van der Waals surface area contributed by atoms with Gasteiger partial charge in [-0.3, -0.25) is 0 Å². The van der Waals surface area contributed by atoms with Gasteiger partial charge in [0.05, 0.1) is 5.56 Å². The molecule has 1 rings (SSSR count). The van der Waals surface area contributed by atoms with Gasteiger partial charge in [-0.05, 0) is 17.0 Å². The first-order chi connectivity index (χ1) is 6.21. The molecule has 0 aliphatic carbocycles. The zero-order valence-corrected chi connectivity index (χ0v) is 8.51. The highest BCUT2D eigenvalue weighted by Crippen LogP contribution is 2.29. The summed E-state index contributed by atoms with van der Waals surface area (Å²) in [6, 6.07) is 5.85. The average Bonchev–Trinajstić information content (AvgIpc) is 2.01. The van der Waals surface area contributed by atoms with E-state index in [1.54, 1.807) is 6.07 Å². The molecule has 78 valence electrons. The number of rotatable bonds is 1. The Labute approximate surface area is 82.4 Å². The monoisotopic (exact) mass is 200 g/mol. The summed E-state index contributed by atoms with van der Waals surface area (Å²) in [5, 5.41) is 8.55. The minimum absolute atomic E-state index is 0.193. The number of hydrogen-bond donors (Lipinski definition) is 1. The van der Waals surface area contributed by atoms with Crippen LogP contribution in [-0.4, -0.2) is 5.11 Å². The van der Waals surface area contributed by atoms with Gasteiger partial charge in [0.1, 0.15) is 0 Å². The van der Waals surface area contributed by atoms with Crippen LogP contribution >= 0.6 is 0 Å². The Morgan fingerprint density at radius 3 is 2.00 bits per heavy atom. The Hall–Kier alpha value is -0.960. The Kier molecular flexibility index (Phi) is 2.63. The van der Waals surface area contributed by atoms with E-state index in [1.165, 1.54) is 18.2 Å². The Bertz CT molecular complexity index is 292. The lowest BCUT2D eigenvalue weighted by molar-refractivity contribution is -0.208. The molecule has 1 nitrogen and oxygen atoms in total. The van der Waals surface area contributed by atoms with Crippen molar-refractivity contribution in [2.75, 3.05) is 0 Å². The number of benzene rings is 1. The molecule has 0 fully saturated rings. The highest BCUT2D eigenvalue weighted by Gasteiger charge is 2.28. The first-order valence-electron chi connectivity index (χ1n) is 4.42. The van der Waals surface area contributed by atoms with Gasteiger partial charge < -0.3 is 5.11 Å². The van der Waals surface area contributed by atoms with Crippen molar-refractivity contribution in [3.63, 3.8) is 0 Å². The lowest BCUT2D eigenvalue weighted by atomic mass is 9.86. The van der Waals surface area contributed by atoms with E-state index >= 15 is 0 Å². The van der Waals surface area contributed by atoms with Crippen molar-refractivity contribution in [2.24, 2.45) is 0 Å². The van der Waals surface area contributed by atoms with E-state index in [1.807, 2.05) is 20.8 Å². The van der Waals surface area contributed by atoms with Crippen LogP contribution in [0, 0.1) is 0 Å². The predicted molar refractivity (Wildman–Crippen MR) is 51.3 cm³/mol. The highest BCUT2D eigenvalue weighted by molar-refractivity contribution is 5.29. The summed E-state index contributed by atoms with van der Waals surface area (Å²) in [7, 11) is 0. The van der Waals surface area contributed by atoms with Crippen LogP contribution in [0.1, 0.15) is 31.9 Å². The molecule has 0 atom stereocenters. The molecule has 0 aliphatic rings. The van der Waals surface area contributed by atoms with E-state index in [4.69, 9.17) is 5.11 Å². The molecule has 14 heavy (non-hydrogen) atoms. The molecule has 0 saturated heterocycles. The van der Waals surface area contributed by atoms with Gasteiger partial charge >= 0.3 is 6.11 Å². The van der Waals surface area contributed by atoms with Crippen LogP contribution in [0.5, 0.6) is 0 Å². The maximum absolute atomic E-state index is 12.6. The molecule has 0 bridgehead atoms. The summed E-state index contributed by atoms with van der Waals surface area (Å²) in [5.41, 5.74) is 0.231. The molecule has 3 heteroatoms. The molecule has 1 N–H and O–H groups in total. The summed E-state index contributed by atoms with van der Waals surface area (Å²) in [5.74, 6) is 0. The van der Waals surface area contributed by atoms with Crippen LogP contribution in [0.25, 0.3) is 0 Å². The van der Waals surface area contributed by atoms with Gasteiger partial charge in [0.2, 0.25) is 0 Å². The third-order valence-corrected chi connectivity index (χ3v) is 2.08. The maximum Gasteiger partial charge on any atom is 0.380 e. The standard InChI is InChI=1S/C11H14F2O/c1-10(2,3)8-5-4-6-9(7-8)11(12,13)14/h4-7,14H,1-3H3. The minimum Gasteiger partial charge on any atom is -0.332 e. The van der Waals surface area contributed by atoms with Gasteiger partial charge in [-0.1, -0.05) is 39.0 Å². The molecule has 1 aromatic rings. The van der Waals surface area contributed by atoms with Crippen molar-refractivity contribution in [1.82, 2.24) is 0 Å². The minimum atomic E-state index is -3.75. The molecular formula is C11H14F2O. The van der Waals surface area contributed by atoms with Crippen LogP contribution in [0.15, 0.2) is 24.3 Å². The molecule has 0 aromatic heterocycles. The smallest absolute Gasteiger partial charge is 0.332 e. The van der Waals surface area contributed by atoms with Gasteiger partial charge in [-0.25, -0.2) is 0 Å². The average molecular weight is 200 g/mol. The quantitative estimate of drug-likeness (QED) is 0.738. The third kappa shape index (κ3) is 2.51. The molecule has 0 heterocycles. The first kappa shape index (κ1) is 11.1. The number of hydrogen-bond acceptors (Lipinski definition) is 1. The first-order valence-corrected chi connectivity index (χ1v) is 4.42. The lowest BCUT2D eigenvalue weighted by Crippen LogP contribution is -2.15. The third-order valence-electron chi connectivity index (χ3n) is 2.08. The normalized spacial score (nSPS) is 13.0. The van der Waals surface area contributed by atoms with E-state index in [2.05, 4.69) is 0 Å². The van der Waals surface area contributed by atoms with Crippen LogP contribution in [-0.2, 0) is 11.5 Å².